The molecular formula is C20H27NO. The third-order valence-electron chi connectivity index (χ3n) is 3.77. The van der Waals surface area contributed by atoms with Gasteiger partial charge in [-0.2, -0.15) is 0 Å². The zero-order valence-electron chi connectivity index (χ0n) is 13.9. The fourth-order valence-corrected chi connectivity index (χ4v) is 2.27. The molecule has 0 atom stereocenters. The van der Waals surface area contributed by atoms with E-state index in [1.54, 1.807) is 0 Å². The first kappa shape index (κ1) is 16.4. The van der Waals surface area contributed by atoms with Crippen molar-refractivity contribution in [3.8, 4) is 5.75 Å². The van der Waals surface area contributed by atoms with Crippen LogP contribution in [0.3, 0.4) is 0 Å². The molecular weight excluding hydrogens is 270 g/mol. The molecule has 0 saturated carbocycles. The minimum absolute atomic E-state index is 0.591. The fraction of sp³-hybridized carbons (Fsp3) is 0.400. The van der Waals surface area contributed by atoms with Gasteiger partial charge >= 0.3 is 0 Å². The molecule has 0 aromatic heterocycles. The van der Waals surface area contributed by atoms with Crippen LogP contribution in [-0.2, 0) is 0 Å². The highest BCUT2D eigenvalue weighted by atomic mass is 16.5. The Kier molecular flexibility index (Phi) is 6.32. The van der Waals surface area contributed by atoms with Gasteiger partial charge in [-0.05, 0) is 55.5 Å². The zero-order chi connectivity index (χ0) is 15.8. The van der Waals surface area contributed by atoms with Gasteiger partial charge in [-0.3, -0.25) is 0 Å². The van der Waals surface area contributed by atoms with Crippen molar-refractivity contribution >= 4 is 5.69 Å². The van der Waals surface area contributed by atoms with E-state index in [1.807, 2.05) is 12.1 Å². The lowest BCUT2D eigenvalue weighted by molar-refractivity contribution is 0.308. The molecule has 0 aliphatic heterocycles. The van der Waals surface area contributed by atoms with E-state index in [4.69, 9.17) is 4.74 Å². The van der Waals surface area contributed by atoms with Crippen molar-refractivity contribution in [3.63, 3.8) is 0 Å². The van der Waals surface area contributed by atoms with Crippen LogP contribution in [0.2, 0.25) is 0 Å². The highest BCUT2D eigenvalue weighted by Crippen LogP contribution is 2.17. The Morgan fingerprint density at radius 2 is 1.59 bits per heavy atom. The van der Waals surface area contributed by atoms with Gasteiger partial charge < -0.3 is 10.1 Å². The topological polar surface area (TPSA) is 21.3 Å². The van der Waals surface area contributed by atoms with Gasteiger partial charge in [0.15, 0.2) is 0 Å². The van der Waals surface area contributed by atoms with Crippen LogP contribution in [0, 0.1) is 6.92 Å². The second kappa shape index (κ2) is 8.47. The molecule has 0 heterocycles. The van der Waals surface area contributed by atoms with Gasteiger partial charge in [-0.25, -0.2) is 0 Å². The average Bonchev–Trinajstić information content (AvgIpc) is 2.53. The van der Waals surface area contributed by atoms with Crippen molar-refractivity contribution < 1.29 is 4.74 Å². The first-order valence-corrected chi connectivity index (χ1v) is 8.18. The van der Waals surface area contributed by atoms with Crippen molar-refractivity contribution in [3.05, 3.63) is 59.7 Å². The molecule has 0 saturated heterocycles. The second-order valence-corrected chi connectivity index (χ2v) is 6.07. The molecule has 118 valence electrons. The van der Waals surface area contributed by atoms with E-state index in [-0.39, 0.29) is 0 Å². The maximum Gasteiger partial charge on any atom is 0.119 e. The summed E-state index contributed by atoms with van der Waals surface area (Å²) in [6.07, 6.45) is 2.17. The highest BCUT2D eigenvalue weighted by molar-refractivity contribution is 5.45. The molecule has 2 heteroatoms. The number of ether oxygens (including phenoxy) is 1. The molecule has 0 amide bonds. The number of hydrogen-bond donors (Lipinski definition) is 1. The summed E-state index contributed by atoms with van der Waals surface area (Å²) in [6, 6.07) is 17.0. The van der Waals surface area contributed by atoms with Gasteiger partial charge in [0.05, 0.1) is 6.61 Å². The quantitative estimate of drug-likeness (QED) is 0.660. The predicted molar refractivity (Wildman–Crippen MR) is 94.9 cm³/mol. The fourth-order valence-electron chi connectivity index (χ4n) is 2.27. The van der Waals surface area contributed by atoms with Crippen LogP contribution < -0.4 is 10.1 Å². The Bertz CT molecular complexity index is 543. The lowest BCUT2D eigenvalue weighted by atomic mass is 10.0. The number of anilines is 1. The van der Waals surface area contributed by atoms with Crippen LogP contribution in [0.25, 0.3) is 0 Å². The summed E-state index contributed by atoms with van der Waals surface area (Å²) in [7, 11) is 0. The average molecular weight is 297 g/mol. The van der Waals surface area contributed by atoms with Gasteiger partial charge in [0.2, 0.25) is 0 Å². The van der Waals surface area contributed by atoms with Gasteiger partial charge in [0.25, 0.3) is 0 Å². The smallest absolute Gasteiger partial charge is 0.119 e. The van der Waals surface area contributed by atoms with E-state index >= 15 is 0 Å². The first-order chi connectivity index (χ1) is 10.6. The van der Waals surface area contributed by atoms with Gasteiger partial charge in [0, 0.05) is 12.2 Å². The monoisotopic (exact) mass is 297 g/mol. The van der Waals surface area contributed by atoms with Crippen molar-refractivity contribution in [2.24, 2.45) is 0 Å². The van der Waals surface area contributed by atoms with E-state index in [2.05, 4.69) is 62.5 Å². The summed E-state index contributed by atoms with van der Waals surface area (Å²) in [6.45, 7) is 8.28. The normalized spacial score (nSPS) is 10.7. The molecule has 0 fully saturated rings. The summed E-state index contributed by atoms with van der Waals surface area (Å²) >= 11 is 0. The number of unbranched alkanes of at least 4 members (excludes halogenated alkanes) is 1. The molecule has 0 radical (unpaired) electrons. The maximum atomic E-state index is 5.73. The van der Waals surface area contributed by atoms with E-state index in [9.17, 15) is 0 Å². The third-order valence-corrected chi connectivity index (χ3v) is 3.77. The van der Waals surface area contributed by atoms with Gasteiger partial charge in [-0.15, -0.1) is 0 Å². The minimum Gasteiger partial charge on any atom is -0.494 e. The van der Waals surface area contributed by atoms with E-state index in [1.165, 1.54) is 16.8 Å². The number of rotatable bonds is 8. The van der Waals surface area contributed by atoms with Crippen molar-refractivity contribution in [2.75, 3.05) is 18.5 Å². The maximum absolute atomic E-state index is 5.73. The van der Waals surface area contributed by atoms with E-state index in [0.29, 0.717) is 5.92 Å². The first-order valence-electron chi connectivity index (χ1n) is 8.18. The minimum atomic E-state index is 0.591. The number of aryl methyl sites for hydroxylation is 1. The Morgan fingerprint density at radius 3 is 2.23 bits per heavy atom. The molecule has 0 bridgehead atoms. The molecule has 1 N–H and O–H groups in total. The summed E-state index contributed by atoms with van der Waals surface area (Å²) in [4.78, 5) is 0. The molecule has 2 aromatic carbocycles. The Balaban J connectivity index is 1.60. The SMILES string of the molecule is Cc1ccc(OCCCCNc2ccc(C(C)C)cc2)cc1. The summed E-state index contributed by atoms with van der Waals surface area (Å²) in [5.74, 6) is 1.55. The Labute approximate surface area is 134 Å². The molecule has 2 nitrogen and oxygen atoms in total. The number of benzene rings is 2. The summed E-state index contributed by atoms with van der Waals surface area (Å²) in [5, 5.41) is 3.46. The second-order valence-electron chi connectivity index (χ2n) is 6.07. The standard InChI is InChI=1S/C20H27NO/c1-16(2)18-8-10-19(11-9-18)21-14-4-5-15-22-20-12-6-17(3)7-13-20/h6-13,16,21H,4-5,14-15H2,1-3H3. The molecule has 0 aliphatic carbocycles. The zero-order valence-corrected chi connectivity index (χ0v) is 13.9. The van der Waals surface area contributed by atoms with Crippen molar-refractivity contribution in [1.82, 2.24) is 0 Å². The van der Waals surface area contributed by atoms with Crippen molar-refractivity contribution in [2.45, 2.75) is 39.5 Å². The molecule has 22 heavy (non-hydrogen) atoms. The Hall–Kier alpha value is -1.96. The van der Waals surface area contributed by atoms with Crippen LogP contribution in [0.1, 0.15) is 43.7 Å². The summed E-state index contributed by atoms with van der Waals surface area (Å²) < 4.78 is 5.73. The van der Waals surface area contributed by atoms with E-state index in [0.717, 1.165) is 31.7 Å². The predicted octanol–water partition coefficient (Wildman–Crippen LogP) is 5.39. The largest absolute Gasteiger partial charge is 0.494 e. The molecule has 0 aliphatic rings. The van der Waals surface area contributed by atoms with Crippen LogP contribution in [-0.4, -0.2) is 13.2 Å². The number of nitrogens with one attached hydrogen (secondary N) is 1. The highest BCUT2D eigenvalue weighted by Gasteiger charge is 1.98. The Morgan fingerprint density at radius 1 is 0.909 bits per heavy atom. The molecule has 2 aromatic rings. The van der Waals surface area contributed by atoms with Crippen LogP contribution >= 0.6 is 0 Å². The lowest BCUT2D eigenvalue weighted by Crippen LogP contribution is -2.05. The summed E-state index contributed by atoms with van der Waals surface area (Å²) in [5.41, 5.74) is 3.85. The van der Waals surface area contributed by atoms with Crippen LogP contribution in [0.15, 0.2) is 48.5 Å². The molecule has 2 rings (SSSR count). The van der Waals surface area contributed by atoms with Gasteiger partial charge in [-0.1, -0.05) is 43.7 Å². The number of hydrogen-bond acceptors (Lipinski definition) is 2. The lowest BCUT2D eigenvalue weighted by Gasteiger charge is -2.10. The van der Waals surface area contributed by atoms with Crippen LogP contribution in [0.4, 0.5) is 5.69 Å². The third kappa shape index (κ3) is 5.44. The van der Waals surface area contributed by atoms with Crippen molar-refractivity contribution in [1.29, 1.82) is 0 Å². The van der Waals surface area contributed by atoms with Crippen LogP contribution in [0.5, 0.6) is 5.75 Å². The molecule has 0 spiro atoms. The van der Waals surface area contributed by atoms with Gasteiger partial charge in [0.1, 0.15) is 5.75 Å². The molecule has 0 unspecified atom stereocenters. The van der Waals surface area contributed by atoms with E-state index < -0.39 is 0 Å².